The molecule has 2 aromatic rings. The number of fused-ring (bicyclic) bond motifs is 1. The molecule has 0 spiro atoms. The highest BCUT2D eigenvalue weighted by Gasteiger charge is 2.30. The Balaban J connectivity index is 2.27. The van der Waals surface area contributed by atoms with Crippen LogP contribution in [-0.2, 0) is 4.79 Å². The SMILES string of the molecule is Cc1cc(C)n2ncc(C(=O)NCC(C)(O)C(=O)O)c2n1. The van der Waals surface area contributed by atoms with E-state index in [-0.39, 0.29) is 5.56 Å². The second-order valence-electron chi connectivity index (χ2n) is 5.09. The molecule has 2 rings (SSSR count). The fourth-order valence-electron chi connectivity index (χ4n) is 1.85. The van der Waals surface area contributed by atoms with E-state index >= 15 is 0 Å². The van der Waals surface area contributed by atoms with Crippen LogP contribution in [0.3, 0.4) is 0 Å². The van der Waals surface area contributed by atoms with Crippen molar-refractivity contribution in [3.63, 3.8) is 0 Å². The van der Waals surface area contributed by atoms with Gasteiger partial charge in [0.15, 0.2) is 11.2 Å². The number of carbonyl (C=O) groups excluding carboxylic acids is 1. The first kappa shape index (κ1) is 14.9. The zero-order chi connectivity index (χ0) is 15.8. The Morgan fingerprint density at radius 3 is 2.71 bits per heavy atom. The van der Waals surface area contributed by atoms with E-state index < -0.39 is 24.0 Å². The first-order valence-corrected chi connectivity index (χ1v) is 6.28. The van der Waals surface area contributed by atoms with Gasteiger partial charge in [0, 0.05) is 11.4 Å². The van der Waals surface area contributed by atoms with E-state index in [2.05, 4.69) is 15.4 Å². The summed E-state index contributed by atoms with van der Waals surface area (Å²) in [5.41, 5.74) is 0.155. The van der Waals surface area contributed by atoms with Gasteiger partial charge in [0.2, 0.25) is 0 Å². The second kappa shape index (κ2) is 5.13. The molecule has 112 valence electrons. The Kier molecular flexibility index (Phi) is 3.65. The smallest absolute Gasteiger partial charge is 0.337 e. The van der Waals surface area contributed by atoms with Crippen LogP contribution in [0.5, 0.6) is 0 Å². The van der Waals surface area contributed by atoms with E-state index in [1.165, 1.54) is 10.7 Å². The number of aromatic nitrogens is 3. The lowest BCUT2D eigenvalue weighted by atomic mass is 10.1. The average molecular weight is 292 g/mol. The van der Waals surface area contributed by atoms with Gasteiger partial charge >= 0.3 is 5.97 Å². The Morgan fingerprint density at radius 1 is 1.43 bits per heavy atom. The molecule has 0 saturated heterocycles. The molecule has 0 saturated carbocycles. The Morgan fingerprint density at radius 2 is 2.10 bits per heavy atom. The predicted molar refractivity (Wildman–Crippen MR) is 73.1 cm³/mol. The van der Waals surface area contributed by atoms with Gasteiger partial charge in [0.1, 0.15) is 5.56 Å². The van der Waals surface area contributed by atoms with Crippen molar-refractivity contribution in [1.82, 2.24) is 19.9 Å². The van der Waals surface area contributed by atoms with E-state index in [0.717, 1.165) is 18.3 Å². The molecule has 0 aromatic carbocycles. The third-order valence-electron chi connectivity index (χ3n) is 3.08. The van der Waals surface area contributed by atoms with Crippen molar-refractivity contribution in [3.8, 4) is 0 Å². The molecule has 0 aliphatic carbocycles. The summed E-state index contributed by atoms with van der Waals surface area (Å²) in [5.74, 6) is -1.95. The van der Waals surface area contributed by atoms with Gasteiger partial charge in [0.05, 0.1) is 12.7 Å². The summed E-state index contributed by atoms with van der Waals surface area (Å²) >= 11 is 0. The Bertz CT molecular complexity index is 720. The highest BCUT2D eigenvalue weighted by molar-refractivity contribution is 6.00. The summed E-state index contributed by atoms with van der Waals surface area (Å²) in [7, 11) is 0. The number of carbonyl (C=O) groups is 2. The van der Waals surface area contributed by atoms with Crippen molar-refractivity contribution in [1.29, 1.82) is 0 Å². The number of nitrogens with one attached hydrogen (secondary N) is 1. The molecule has 0 aliphatic rings. The van der Waals surface area contributed by atoms with Gasteiger partial charge in [0.25, 0.3) is 5.91 Å². The molecule has 0 fully saturated rings. The average Bonchev–Trinajstić information content (AvgIpc) is 2.79. The minimum Gasteiger partial charge on any atom is -0.479 e. The molecule has 2 heterocycles. The topological polar surface area (TPSA) is 117 Å². The van der Waals surface area contributed by atoms with Gasteiger partial charge in [-0.2, -0.15) is 5.10 Å². The number of aliphatic carboxylic acids is 1. The predicted octanol–water partition coefficient (Wildman–Crippen LogP) is -0.0885. The molecular formula is C13H16N4O4. The largest absolute Gasteiger partial charge is 0.479 e. The van der Waals surface area contributed by atoms with Gasteiger partial charge in [-0.05, 0) is 26.8 Å². The highest BCUT2D eigenvalue weighted by Crippen LogP contribution is 2.12. The summed E-state index contributed by atoms with van der Waals surface area (Å²) in [6.45, 7) is 4.34. The zero-order valence-electron chi connectivity index (χ0n) is 11.9. The van der Waals surface area contributed by atoms with E-state index in [0.29, 0.717) is 5.65 Å². The number of amides is 1. The normalized spacial score (nSPS) is 13.9. The molecule has 3 N–H and O–H groups in total. The van der Waals surface area contributed by atoms with Gasteiger partial charge in [-0.25, -0.2) is 14.3 Å². The van der Waals surface area contributed by atoms with E-state index in [9.17, 15) is 14.7 Å². The van der Waals surface area contributed by atoms with Crippen molar-refractivity contribution in [3.05, 3.63) is 29.2 Å². The number of rotatable bonds is 4. The van der Waals surface area contributed by atoms with Crippen molar-refractivity contribution in [2.75, 3.05) is 6.54 Å². The number of carboxylic acid groups (broad SMARTS) is 1. The molecule has 1 amide bonds. The molecule has 2 aromatic heterocycles. The Hall–Kier alpha value is -2.48. The van der Waals surface area contributed by atoms with Crippen LogP contribution in [0.15, 0.2) is 12.3 Å². The summed E-state index contributed by atoms with van der Waals surface area (Å²) < 4.78 is 1.53. The quantitative estimate of drug-likeness (QED) is 0.725. The number of carboxylic acids is 1. The first-order chi connectivity index (χ1) is 9.72. The number of hydrogen-bond acceptors (Lipinski definition) is 5. The lowest BCUT2D eigenvalue weighted by molar-refractivity contribution is -0.155. The van der Waals surface area contributed by atoms with Crippen LogP contribution >= 0.6 is 0 Å². The molecule has 0 aliphatic heterocycles. The van der Waals surface area contributed by atoms with Crippen LogP contribution in [0.25, 0.3) is 5.65 Å². The van der Waals surface area contributed by atoms with Crippen LogP contribution in [0.2, 0.25) is 0 Å². The summed E-state index contributed by atoms with van der Waals surface area (Å²) in [6.07, 6.45) is 1.36. The molecule has 1 atom stereocenters. The monoisotopic (exact) mass is 292 g/mol. The molecule has 21 heavy (non-hydrogen) atoms. The van der Waals surface area contributed by atoms with Crippen LogP contribution in [0.1, 0.15) is 28.7 Å². The van der Waals surface area contributed by atoms with Gasteiger partial charge in [-0.15, -0.1) is 0 Å². The summed E-state index contributed by atoms with van der Waals surface area (Å²) in [4.78, 5) is 27.2. The standard InChI is InChI=1S/C13H16N4O4/c1-7-4-8(2)17-10(16-7)9(5-15-17)11(18)14-6-13(3,21)12(19)20/h4-5,21H,6H2,1-3H3,(H,14,18)(H,19,20). The minimum atomic E-state index is -2.03. The lowest BCUT2D eigenvalue weighted by Crippen LogP contribution is -2.46. The molecule has 8 heteroatoms. The summed E-state index contributed by atoms with van der Waals surface area (Å²) in [5, 5.41) is 24.8. The third kappa shape index (κ3) is 2.84. The first-order valence-electron chi connectivity index (χ1n) is 6.28. The highest BCUT2D eigenvalue weighted by atomic mass is 16.4. The van der Waals surface area contributed by atoms with Crippen molar-refractivity contribution in [2.24, 2.45) is 0 Å². The maximum absolute atomic E-state index is 12.1. The molecule has 8 nitrogen and oxygen atoms in total. The molecule has 1 unspecified atom stereocenters. The molecular weight excluding hydrogens is 276 g/mol. The van der Waals surface area contributed by atoms with Gasteiger partial charge in [-0.3, -0.25) is 4.79 Å². The van der Waals surface area contributed by atoms with E-state index in [4.69, 9.17) is 5.11 Å². The van der Waals surface area contributed by atoms with Crippen molar-refractivity contribution in [2.45, 2.75) is 26.4 Å². The van der Waals surface area contributed by atoms with Crippen LogP contribution < -0.4 is 5.32 Å². The molecule has 0 radical (unpaired) electrons. The maximum atomic E-state index is 12.1. The fraction of sp³-hybridized carbons (Fsp3) is 0.385. The third-order valence-corrected chi connectivity index (χ3v) is 3.08. The maximum Gasteiger partial charge on any atom is 0.337 e. The van der Waals surface area contributed by atoms with Crippen molar-refractivity contribution < 1.29 is 19.8 Å². The van der Waals surface area contributed by atoms with Gasteiger partial charge in [-0.1, -0.05) is 0 Å². The van der Waals surface area contributed by atoms with E-state index in [1.54, 1.807) is 6.92 Å². The minimum absolute atomic E-state index is 0.225. The second-order valence-corrected chi connectivity index (χ2v) is 5.09. The number of aliphatic hydroxyl groups is 1. The number of aryl methyl sites for hydroxylation is 2. The van der Waals surface area contributed by atoms with E-state index in [1.807, 2.05) is 13.0 Å². The lowest BCUT2D eigenvalue weighted by Gasteiger charge is -2.17. The Labute approximate surface area is 120 Å². The van der Waals surface area contributed by atoms with Gasteiger partial charge < -0.3 is 15.5 Å². The number of hydrogen-bond donors (Lipinski definition) is 3. The number of nitrogens with zero attached hydrogens (tertiary/aromatic N) is 3. The summed E-state index contributed by atoms with van der Waals surface area (Å²) in [6, 6.07) is 1.83. The zero-order valence-corrected chi connectivity index (χ0v) is 11.9. The fourth-order valence-corrected chi connectivity index (χ4v) is 1.85. The van der Waals surface area contributed by atoms with Crippen molar-refractivity contribution >= 4 is 17.5 Å². The van der Waals surface area contributed by atoms with Crippen LogP contribution in [-0.4, -0.2) is 48.8 Å². The van der Waals surface area contributed by atoms with Crippen LogP contribution in [0, 0.1) is 13.8 Å². The molecule has 0 bridgehead atoms. The van der Waals surface area contributed by atoms with Crippen LogP contribution in [0.4, 0.5) is 0 Å².